The van der Waals surface area contributed by atoms with Crippen LogP contribution in [0.4, 0.5) is 5.69 Å². The number of amides is 1. The van der Waals surface area contributed by atoms with Crippen molar-refractivity contribution in [3.05, 3.63) is 54.0 Å². The number of carboxylic acid groups (broad SMARTS) is 1. The van der Waals surface area contributed by atoms with Crippen LogP contribution in [0.25, 0.3) is 5.65 Å². The van der Waals surface area contributed by atoms with Crippen molar-refractivity contribution in [1.82, 2.24) is 9.38 Å². The average Bonchev–Trinajstić information content (AvgIpc) is 3.02. The number of nitrogens with zero attached hydrogens (tertiary/aromatic N) is 2. The van der Waals surface area contributed by atoms with Crippen LogP contribution in [-0.4, -0.2) is 40.6 Å². The highest BCUT2D eigenvalue weighted by Crippen LogP contribution is 2.33. The lowest BCUT2D eigenvalue weighted by Crippen LogP contribution is -2.17. The van der Waals surface area contributed by atoms with E-state index in [0.717, 1.165) is 5.65 Å². The molecule has 1 amide bonds. The molecule has 0 aliphatic carbocycles. The van der Waals surface area contributed by atoms with Gasteiger partial charge < -0.3 is 24.3 Å². The molecule has 2 aromatic heterocycles. The number of hydrogen-bond donors (Lipinski definition) is 2. The lowest BCUT2D eigenvalue weighted by molar-refractivity contribution is -0.115. The third kappa shape index (κ3) is 3.44. The van der Waals surface area contributed by atoms with Gasteiger partial charge in [0.1, 0.15) is 5.65 Å². The zero-order chi connectivity index (χ0) is 18.7. The number of imidazole rings is 1. The minimum absolute atomic E-state index is 0.00901. The van der Waals surface area contributed by atoms with Gasteiger partial charge in [0.05, 0.1) is 37.6 Å². The number of methoxy groups -OCH3 is 2. The molecule has 0 aliphatic heterocycles. The van der Waals surface area contributed by atoms with E-state index in [1.54, 1.807) is 6.20 Å². The Hall–Kier alpha value is -3.55. The van der Waals surface area contributed by atoms with Crippen molar-refractivity contribution in [2.24, 2.45) is 0 Å². The normalized spacial score (nSPS) is 10.5. The third-order valence-corrected chi connectivity index (χ3v) is 3.78. The highest BCUT2D eigenvalue weighted by molar-refractivity contribution is 6.01. The molecular weight excluding hydrogens is 338 g/mol. The predicted molar refractivity (Wildman–Crippen MR) is 94.0 cm³/mol. The van der Waals surface area contributed by atoms with Crippen LogP contribution in [0.2, 0.25) is 0 Å². The molecule has 2 N–H and O–H groups in total. The number of benzene rings is 1. The maximum atomic E-state index is 12.4. The second kappa shape index (κ2) is 7.14. The van der Waals surface area contributed by atoms with E-state index < -0.39 is 5.97 Å². The highest BCUT2D eigenvalue weighted by atomic mass is 16.5. The van der Waals surface area contributed by atoms with E-state index in [2.05, 4.69) is 10.3 Å². The molecule has 0 bridgehead atoms. The zero-order valence-corrected chi connectivity index (χ0v) is 14.2. The molecule has 0 spiro atoms. The molecule has 26 heavy (non-hydrogen) atoms. The Morgan fingerprint density at radius 1 is 1.19 bits per heavy atom. The summed E-state index contributed by atoms with van der Waals surface area (Å²) >= 11 is 0. The van der Waals surface area contributed by atoms with E-state index in [1.165, 1.54) is 26.4 Å². The number of rotatable bonds is 6. The van der Waals surface area contributed by atoms with E-state index in [-0.39, 0.29) is 29.3 Å². The maximum absolute atomic E-state index is 12.4. The van der Waals surface area contributed by atoms with Gasteiger partial charge in [0.15, 0.2) is 11.5 Å². The van der Waals surface area contributed by atoms with Crippen molar-refractivity contribution in [3.63, 3.8) is 0 Å². The molecule has 0 radical (unpaired) electrons. The minimum Gasteiger partial charge on any atom is -0.493 e. The summed E-state index contributed by atoms with van der Waals surface area (Å²) in [5, 5.41) is 12.0. The summed E-state index contributed by atoms with van der Waals surface area (Å²) < 4.78 is 12.1. The van der Waals surface area contributed by atoms with E-state index in [0.29, 0.717) is 11.4 Å². The first kappa shape index (κ1) is 17.3. The van der Waals surface area contributed by atoms with Gasteiger partial charge in [-0.2, -0.15) is 0 Å². The molecule has 134 valence electrons. The summed E-state index contributed by atoms with van der Waals surface area (Å²) in [6.45, 7) is 0. The Kier molecular flexibility index (Phi) is 4.74. The Morgan fingerprint density at radius 3 is 2.58 bits per heavy atom. The predicted octanol–water partition coefficient (Wildman–Crippen LogP) is 2.23. The second-order valence-electron chi connectivity index (χ2n) is 5.48. The fourth-order valence-corrected chi connectivity index (χ4v) is 2.59. The van der Waals surface area contributed by atoms with Crippen molar-refractivity contribution in [1.29, 1.82) is 0 Å². The molecule has 0 saturated carbocycles. The monoisotopic (exact) mass is 355 g/mol. The number of aromatic nitrogens is 2. The summed E-state index contributed by atoms with van der Waals surface area (Å²) in [5.41, 5.74) is 1.34. The summed E-state index contributed by atoms with van der Waals surface area (Å²) in [6, 6.07) is 8.28. The number of ether oxygens (including phenoxy) is 2. The van der Waals surface area contributed by atoms with Crippen LogP contribution in [0.15, 0.2) is 42.7 Å². The maximum Gasteiger partial charge on any atom is 0.337 e. The molecule has 8 heteroatoms. The van der Waals surface area contributed by atoms with Crippen LogP contribution in [0.3, 0.4) is 0 Å². The largest absolute Gasteiger partial charge is 0.493 e. The number of anilines is 1. The lowest BCUT2D eigenvalue weighted by atomic mass is 10.1. The first-order chi connectivity index (χ1) is 12.5. The Morgan fingerprint density at radius 2 is 1.92 bits per heavy atom. The molecule has 0 saturated heterocycles. The molecule has 0 aliphatic rings. The van der Waals surface area contributed by atoms with Gasteiger partial charge >= 0.3 is 5.97 Å². The van der Waals surface area contributed by atoms with Crippen LogP contribution >= 0.6 is 0 Å². The summed E-state index contributed by atoms with van der Waals surface area (Å²) in [6.07, 6.45) is 3.59. The number of carbonyl (C=O) groups excluding carboxylic acids is 1. The first-order valence-corrected chi connectivity index (χ1v) is 7.73. The molecule has 0 atom stereocenters. The van der Waals surface area contributed by atoms with Crippen molar-refractivity contribution in [2.45, 2.75) is 6.42 Å². The molecule has 0 fully saturated rings. The Balaban J connectivity index is 1.84. The average molecular weight is 355 g/mol. The van der Waals surface area contributed by atoms with Crippen LogP contribution in [0, 0.1) is 0 Å². The molecule has 1 aromatic carbocycles. The molecule has 8 nitrogen and oxygen atoms in total. The summed E-state index contributed by atoms with van der Waals surface area (Å²) in [7, 11) is 2.84. The lowest BCUT2D eigenvalue weighted by Gasteiger charge is -2.13. The quantitative estimate of drug-likeness (QED) is 0.703. The minimum atomic E-state index is -1.19. The number of carboxylic acids is 1. The summed E-state index contributed by atoms with van der Waals surface area (Å²) in [5.74, 6) is -0.985. The number of aromatic carboxylic acids is 1. The van der Waals surface area contributed by atoms with Crippen molar-refractivity contribution in [2.75, 3.05) is 19.5 Å². The van der Waals surface area contributed by atoms with Crippen LogP contribution in [0.1, 0.15) is 16.1 Å². The van der Waals surface area contributed by atoms with Gasteiger partial charge in [-0.25, -0.2) is 9.78 Å². The SMILES string of the molecule is COc1cc(NC(=O)Cc2cn3ccccc3n2)c(C(=O)O)cc1OC. The molecule has 2 heterocycles. The molecule has 3 rings (SSSR count). The fraction of sp³-hybridized carbons (Fsp3) is 0.167. The highest BCUT2D eigenvalue weighted by Gasteiger charge is 2.18. The summed E-state index contributed by atoms with van der Waals surface area (Å²) in [4.78, 5) is 28.2. The topological polar surface area (TPSA) is 102 Å². The van der Waals surface area contributed by atoms with Gasteiger partial charge in [-0.3, -0.25) is 4.79 Å². The van der Waals surface area contributed by atoms with Crippen molar-refractivity contribution < 1.29 is 24.2 Å². The van der Waals surface area contributed by atoms with Crippen molar-refractivity contribution >= 4 is 23.2 Å². The number of carbonyl (C=O) groups is 2. The van der Waals surface area contributed by atoms with Crippen LogP contribution in [-0.2, 0) is 11.2 Å². The van der Waals surface area contributed by atoms with Crippen LogP contribution < -0.4 is 14.8 Å². The standard InChI is InChI=1S/C18H17N3O5/c1-25-14-8-12(18(23)24)13(9-15(14)26-2)20-17(22)7-11-10-21-6-4-3-5-16(21)19-11/h3-6,8-10H,7H2,1-2H3,(H,20,22)(H,23,24). The molecular formula is C18H17N3O5. The zero-order valence-electron chi connectivity index (χ0n) is 14.2. The molecule has 3 aromatic rings. The number of fused-ring (bicyclic) bond motifs is 1. The van der Waals surface area contributed by atoms with E-state index in [9.17, 15) is 14.7 Å². The van der Waals surface area contributed by atoms with Crippen LogP contribution in [0.5, 0.6) is 11.5 Å². The fourth-order valence-electron chi connectivity index (χ4n) is 2.59. The number of nitrogens with one attached hydrogen (secondary N) is 1. The first-order valence-electron chi connectivity index (χ1n) is 7.73. The van der Waals surface area contributed by atoms with Gasteiger partial charge in [0.25, 0.3) is 0 Å². The van der Waals surface area contributed by atoms with E-state index in [4.69, 9.17) is 9.47 Å². The van der Waals surface area contributed by atoms with Gasteiger partial charge in [-0.1, -0.05) is 6.07 Å². The van der Waals surface area contributed by atoms with E-state index in [1.807, 2.05) is 28.8 Å². The van der Waals surface area contributed by atoms with Gasteiger partial charge in [-0.05, 0) is 12.1 Å². The number of pyridine rings is 1. The molecule has 0 unspecified atom stereocenters. The Labute approximate surface area is 149 Å². The smallest absolute Gasteiger partial charge is 0.337 e. The van der Waals surface area contributed by atoms with Crippen molar-refractivity contribution in [3.8, 4) is 11.5 Å². The second-order valence-corrected chi connectivity index (χ2v) is 5.48. The third-order valence-electron chi connectivity index (χ3n) is 3.78. The van der Waals surface area contributed by atoms with Gasteiger partial charge in [-0.15, -0.1) is 0 Å². The van der Waals surface area contributed by atoms with E-state index >= 15 is 0 Å². The van der Waals surface area contributed by atoms with Gasteiger partial charge in [0.2, 0.25) is 5.91 Å². The number of hydrogen-bond acceptors (Lipinski definition) is 5. The Bertz CT molecular complexity index is 947. The van der Waals surface area contributed by atoms with Gasteiger partial charge in [0, 0.05) is 24.5 Å².